The van der Waals surface area contributed by atoms with Crippen LogP contribution in [0.2, 0.25) is 0 Å². The summed E-state index contributed by atoms with van der Waals surface area (Å²) in [5, 5.41) is 13.0. The molecular weight excluding hydrogens is 455 g/mol. The van der Waals surface area contributed by atoms with E-state index in [0.29, 0.717) is 11.5 Å². The van der Waals surface area contributed by atoms with Crippen molar-refractivity contribution in [2.24, 2.45) is 5.73 Å². The van der Waals surface area contributed by atoms with Gasteiger partial charge in [-0.15, -0.1) is 0 Å². The number of H-pyrrole nitrogens is 1. The van der Waals surface area contributed by atoms with Crippen LogP contribution in [0.5, 0.6) is 0 Å². The first-order valence-electron chi connectivity index (χ1n) is 11.4. The fraction of sp³-hybridized carbons (Fsp3) is 0.0714. The van der Waals surface area contributed by atoms with E-state index in [1.165, 1.54) is 17.7 Å². The highest BCUT2D eigenvalue weighted by Gasteiger charge is 2.11. The Morgan fingerprint density at radius 2 is 1.69 bits per heavy atom. The number of amides is 2. The quantitative estimate of drug-likeness (QED) is 0.214. The number of carbonyl (C=O) groups excluding carboxylic acids is 1. The van der Waals surface area contributed by atoms with Crippen LogP contribution in [0.3, 0.4) is 0 Å². The highest BCUT2D eigenvalue weighted by Crippen LogP contribution is 2.31. The van der Waals surface area contributed by atoms with Crippen molar-refractivity contribution >= 4 is 34.1 Å². The van der Waals surface area contributed by atoms with Crippen molar-refractivity contribution in [3.8, 4) is 11.1 Å². The average molecular weight is 483 g/mol. The highest BCUT2D eigenvalue weighted by atomic mass is 19.1. The molecule has 5 aromatic rings. The smallest absolute Gasteiger partial charge is 0.323 e. The summed E-state index contributed by atoms with van der Waals surface area (Å²) in [5.74, 6) is -0.0996. The van der Waals surface area contributed by atoms with Crippen molar-refractivity contribution in [3.05, 3.63) is 108 Å². The number of aryl methyl sites for hydroxylation is 1. The molecule has 8 heteroatoms. The lowest BCUT2D eigenvalue weighted by molar-refractivity contribution is 0.262. The molecule has 0 aliphatic rings. The second-order valence-corrected chi connectivity index (χ2v) is 8.17. The number of nitrogens with one attached hydrogen (secondary N) is 3. The lowest BCUT2D eigenvalue weighted by Crippen LogP contribution is -2.20. The van der Waals surface area contributed by atoms with Crippen molar-refractivity contribution in [2.45, 2.75) is 13.5 Å². The molecule has 7 N–H and O–H groups in total. The zero-order valence-corrected chi connectivity index (χ0v) is 19.8. The number of anilines is 3. The third-order valence-corrected chi connectivity index (χ3v) is 5.53. The number of hydrogen-bond donors (Lipinski definition) is 5. The highest BCUT2D eigenvalue weighted by molar-refractivity contribution is 6.02. The first kappa shape index (κ1) is 24.4. The number of nitrogens with two attached hydrogens (primary N) is 2. The first-order valence-corrected chi connectivity index (χ1v) is 11.4. The number of aromatic nitrogens is 2. The standard InChI is InChI=1S/C21H19FN6O.C7H8/c22-16-9-4-12(11-23)10-18(16)26-21(29)25-14-7-5-13(6-8-14)15-2-1-3-17-19(15)20(24)28-27-17;1-7-5-3-2-4-6-7/h1-10H,11,23H2,(H3,24,27,28)(H2,25,26,29);2-6H,1H3. The summed E-state index contributed by atoms with van der Waals surface area (Å²) >= 11 is 0. The van der Waals surface area contributed by atoms with Gasteiger partial charge >= 0.3 is 6.03 Å². The number of rotatable bonds is 4. The van der Waals surface area contributed by atoms with E-state index in [1.54, 1.807) is 18.2 Å². The van der Waals surface area contributed by atoms with E-state index in [-0.39, 0.29) is 12.2 Å². The van der Waals surface area contributed by atoms with Gasteiger partial charge in [-0.25, -0.2) is 9.18 Å². The maximum Gasteiger partial charge on any atom is 0.323 e. The molecule has 1 heterocycles. The number of benzene rings is 4. The van der Waals surface area contributed by atoms with Gasteiger partial charge in [0.05, 0.1) is 16.6 Å². The van der Waals surface area contributed by atoms with Crippen molar-refractivity contribution < 1.29 is 9.18 Å². The van der Waals surface area contributed by atoms with Gasteiger partial charge in [-0.2, -0.15) is 5.10 Å². The van der Waals surface area contributed by atoms with E-state index in [0.717, 1.165) is 27.6 Å². The third kappa shape index (κ3) is 5.86. The van der Waals surface area contributed by atoms with E-state index in [9.17, 15) is 9.18 Å². The molecule has 0 bridgehead atoms. The molecule has 0 aliphatic heterocycles. The van der Waals surface area contributed by atoms with Gasteiger partial charge in [0.2, 0.25) is 0 Å². The van der Waals surface area contributed by atoms with Crippen LogP contribution in [-0.2, 0) is 6.54 Å². The first-order chi connectivity index (χ1) is 17.4. The Kier molecular flexibility index (Phi) is 7.57. The Hall–Kier alpha value is -4.69. The molecule has 182 valence electrons. The van der Waals surface area contributed by atoms with Crippen LogP contribution < -0.4 is 22.1 Å². The summed E-state index contributed by atoms with van der Waals surface area (Å²) < 4.78 is 13.9. The maximum absolute atomic E-state index is 13.9. The molecule has 2 amide bonds. The number of fused-ring (bicyclic) bond motifs is 1. The Morgan fingerprint density at radius 3 is 2.36 bits per heavy atom. The second kappa shape index (κ2) is 11.2. The number of urea groups is 1. The Bertz CT molecular complexity index is 1470. The lowest BCUT2D eigenvalue weighted by Gasteiger charge is -2.10. The molecule has 1 aromatic heterocycles. The molecule has 0 fully saturated rings. The fourth-order valence-corrected chi connectivity index (χ4v) is 3.69. The van der Waals surface area contributed by atoms with Crippen LogP contribution >= 0.6 is 0 Å². The molecule has 36 heavy (non-hydrogen) atoms. The van der Waals surface area contributed by atoms with Gasteiger partial charge in [0, 0.05) is 12.2 Å². The van der Waals surface area contributed by atoms with Crippen LogP contribution in [-0.4, -0.2) is 16.2 Å². The minimum absolute atomic E-state index is 0.0733. The predicted molar refractivity (Wildman–Crippen MR) is 144 cm³/mol. The average Bonchev–Trinajstić information content (AvgIpc) is 3.28. The van der Waals surface area contributed by atoms with Crippen LogP contribution in [0.1, 0.15) is 11.1 Å². The summed E-state index contributed by atoms with van der Waals surface area (Å²) in [6.07, 6.45) is 0. The molecular formula is C28H27FN6O. The van der Waals surface area contributed by atoms with Gasteiger partial charge < -0.3 is 22.1 Å². The fourth-order valence-electron chi connectivity index (χ4n) is 3.69. The molecule has 0 saturated heterocycles. The summed E-state index contributed by atoms with van der Waals surface area (Å²) in [6.45, 7) is 2.34. The predicted octanol–water partition coefficient (Wildman–Crippen LogP) is 6.05. The molecule has 4 aromatic carbocycles. The minimum Gasteiger partial charge on any atom is -0.382 e. The van der Waals surface area contributed by atoms with E-state index in [2.05, 4.69) is 39.9 Å². The van der Waals surface area contributed by atoms with E-state index < -0.39 is 11.8 Å². The maximum atomic E-state index is 13.9. The number of nitrogens with zero attached hydrogens (tertiary/aromatic N) is 1. The van der Waals surface area contributed by atoms with Crippen molar-refractivity contribution in [2.75, 3.05) is 16.4 Å². The normalized spacial score (nSPS) is 10.4. The monoisotopic (exact) mass is 482 g/mol. The second-order valence-electron chi connectivity index (χ2n) is 8.17. The number of aromatic amines is 1. The summed E-state index contributed by atoms with van der Waals surface area (Å²) in [5.41, 5.74) is 16.9. The lowest BCUT2D eigenvalue weighted by atomic mass is 10.0. The number of nitrogen functional groups attached to an aromatic ring is 1. The van der Waals surface area contributed by atoms with E-state index in [1.807, 2.05) is 48.5 Å². The minimum atomic E-state index is -0.549. The van der Waals surface area contributed by atoms with Crippen molar-refractivity contribution in [3.63, 3.8) is 0 Å². The van der Waals surface area contributed by atoms with Gasteiger partial charge in [-0.3, -0.25) is 5.10 Å². The van der Waals surface area contributed by atoms with Crippen LogP contribution in [0.4, 0.5) is 26.4 Å². The Labute approximate surface area is 208 Å². The molecule has 5 rings (SSSR count). The van der Waals surface area contributed by atoms with Gasteiger partial charge in [0.25, 0.3) is 0 Å². The Morgan fingerprint density at radius 1 is 0.944 bits per heavy atom. The number of carbonyl (C=O) groups is 1. The van der Waals surface area contributed by atoms with Gasteiger partial charge in [0.15, 0.2) is 5.82 Å². The molecule has 7 nitrogen and oxygen atoms in total. The van der Waals surface area contributed by atoms with Crippen LogP contribution in [0.15, 0.2) is 91.0 Å². The molecule has 0 aliphatic carbocycles. The molecule has 0 unspecified atom stereocenters. The summed E-state index contributed by atoms with van der Waals surface area (Å²) in [7, 11) is 0. The van der Waals surface area contributed by atoms with Crippen LogP contribution in [0, 0.1) is 12.7 Å². The Balaban J connectivity index is 0.000000375. The van der Waals surface area contributed by atoms with Crippen molar-refractivity contribution in [1.82, 2.24) is 10.2 Å². The molecule has 0 saturated carbocycles. The summed E-state index contributed by atoms with van der Waals surface area (Å²) in [4.78, 5) is 12.2. The van der Waals surface area contributed by atoms with Crippen molar-refractivity contribution in [1.29, 1.82) is 0 Å². The summed E-state index contributed by atoms with van der Waals surface area (Å²) in [6, 6.07) is 27.1. The number of hydrogen-bond acceptors (Lipinski definition) is 4. The largest absolute Gasteiger partial charge is 0.382 e. The van der Waals surface area contributed by atoms with Crippen LogP contribution in [0.25, 0.3) is 22.0 Å². The number of halogens is 1. The topological polar surface area (TPSA) is 122 Å². The molecule has 0 atom stereocenters. The SMILES string of the molecule is Cc1ccccc1.NCc1ccc(F)c(NC(=O)Nc2ccc(-c3cccc4[nH]nc(N)c34)cc2)c1. The molecule has 0 spiro atoms. The van der Waals surface area contributed by atoms with Gasteiger partial charge in [-0.05, 0) is 53.9 Å². The molecule has 0 radical (unpaired) electrons. The van der Waals surface area contributed by atoms with E-state index >= 15 is 0 Å². The van der Waals surface area contributed by atoms with Gasteiger partial charge in [-0.1, -0.05) is 66.2 Å². The van der Waals surface area contributed by atoms with Gasteiger partial charge in [0.1, 0.15) is 5.82 Å². The third-order valence-electron chi connectivity index (χ3n) is 5.53. The zero-order valence-electron chi connectivity index (χ0n) is 19.8. The zero-order chi connectivity index (χ0) is 25.5. The van der Waals surface area contributed by atoms with E-state index in [4.69, 9.17) is 11.5 Å².